The second-order valence-electron chi connectivity index (χ2n) is 8.78. The summed E-state index contributed by atoms with van der Waals surface area (Å²) >= 11 is 2.51. The molecule has 2 heterocycles. The average molecular weight is 583 g/mol. The highest BCUT2D eigenvalue weighted by atomic mass is 32.2. The third-order valence-corrected chi connectivity index (χ3v) is 8.12. The zero-order valence-corrected chi connectivity index (χ0v) is 24.9. The van der Waals surface area contributed by atoms with Crippen molar-refractivity contribution in [3.05, 3.63) is 52.4 Å². The SMILES string of the molecule is COC(=O)c1c(-c2cc(C)ccc2C)csc1NC(=O)CSc1nnc(-c2cc(OC)c(OC)c(OC)c2)n1C. The molecule has 0 saturated carbocycles. The molecule has 0 aliphatic rings. The monoisotopic (exact) mass is 582 g/mol. The summed E-state index contributed by atoms with van der Waals surface area (Å²) in [6.45, 7) is 3.97. The molecule has 4 rings (SSSR count). The normalized spacial score (nSPS) is 10.8. The number of aromatic nitrogens is 3. The Morgan fingerprint density at radius 2 is 1.68 bits per heavy atom. The van der Waals surface area contributed by atoms with Crippen molar-refractivity contribution in [2.24, 2.45) is 7.05 Å². The Hall–Kier alpha value is -4.03. The molecule has 0 fully saturated rings. The van der Waals surface area contributed by atoms with Crippen molar-refractivity contribution < 1.29 is 28.5 Å². The first-order valence-electron chi connectivity index (χ1n) is 12.1. The lowest BCUT2D eigenvalue weighted by molar-refractivity contribution is -0.113. The quantitative estimate of drug-likeness (QED) is 0.195. The minimum absolute atomic E-state index is 0.0541. The van der Waals surface area contributed by atoms with Crippen LogP contribution in [0.3, 0.4) is 0 Å². The van der Waals surface area contributed by atoms with Crippen LogP contribution < -0.4 is 19.5 Å². The Bertz CT molecular complexity index is 1540. The van der Waals surface area contributed by atoms with Crippen LogP contribution >= 0.6 is 23.1 Å². The van der Waals surface area contributed by atoms with E-state index >= 15 is 0 Å². The van der Waals surface area contributed by atoms with Crippen molar-refractivity contribution in [2.45, 2.75) is 19.0 Å². The summed E-state index contributed by atoms with van der Waals surface area (Å²) < 4.78 is 23.1. The number of nitrogens with zero attached hydrogens (tertiary/aromatic N) is 3. The van der Waals surface area contributed by atoms with E-state index in [1.807, 2.05) is 44.5 Å². The predicted octanol–water partition coefficient (Wildman–Crippen LogP) is 5.37. The van der Waals surface area contributed by atoms with Crippen LogP contribution in [0.15, 0.2) is 40.9 Å². The van der Waals surface area contributed by atoms with E-state index in [0.717, 1.165) is 22.3 Å². The molecule has 0 atom stereocenters. The van der Waals surface area contributed by atoms with Crippen LogP contribution in [0.4, 0.5) is 5.00 Å². The second-order valence-corrected chi connectivity index (χ2v) is 10.6. The summed E-state index contributed by atoms with van der Waals surface area (Å²) in [6.07, 6.45) is 0. The van der Waals surface area contributed by atoms with Crippen LogP contribution in [0.25, 0.3) is 22.5 Å². The maximum Gasteiger partial charge on any atom is 0.341 e. The Labute approximate surface area is 240 Å². The molecule has 12 heteroatoms. The molecule has 0 radical (unpaired) electrons. The van der Waals surface area contributed by atoms with E-state index in [4.69, 9.17) is 18.9 Å². The number of nitrogens with one attached hydrogen (secondary N) is 1. The van der Waals surface area contributed by atoms with E-state index in [2.05, 4.69) is 15.5 Å². The van der Waals surface area contributed by atoms with Crippen molar-refractivity contribution in [2.75, 3.05) is 39.5 Å². The molecule has 0 saturated heterocycles. The predicted molar refractivity (Wildman–Crippen MR) is 156 cm³/mol. The fraction of sp³-hybridized carbons (Fsp3) is 0.286. The zero-order chi connectivity index (χ0) is 29.0. The van der Waals surface area contributed by atoms with Gasteiger partial charge in [0.15, 0.2) is 22.5 Å². The highest BCUT2D eigenvalue weighted by molar-refractivity contribution is 7.99. The lowest BCUT2D eigenvalue weighted by Crippen LogP contribution is -2.16. The van der Waals surface area contributed by atoms with Gasteiger partial charge in [0.05, 0.1) is 34.2 Å². The molecule has 10 nitrogen and oxygen atoms in total. The smallest absolute Gasteiger partial charge is 0.341 e. The van der Waals surface area contributed by atoms with Gasteiger partial charge in [-0.3, -0.25) is 4.79 Å². The number of hydrogen-bond acceptors (Lipinski definition) is 10. The van der Waals surface area contributed by atoms with Crippen molar-refractivity contribution in [1.82, 2.24) is 14.8 Å². The maximum absolute atomic E-state index is 13.0. The van der Waals surface area contributed by atoms with Crippen molar-refractivity contribution in [1.29, 1.82) is 0 Å². The third kappa shape index (κ3) is 5.77. The summed E-state index contributed by atoms with van der Waals surface area (Å²) in [5.74, 6) is 1.27. The molecule has 2 aromatic carbocycles. The number of carbonyl (C=O) groups excluding carboxylic acids is 2. The number of rotatable bonds is 10. The van der Waals surface area contributed by atoms with Gasteiger partial charge in [-0.25, -0.2) is 4.79 Å². The van der Waals surface area contributed by atoms with Crippen LogP contribution in [0.1, 0.15) is 21.5 Å². The molecule has 0 aliphatic heterocycles. The minimum Gasteiger partial charge on any atom is -0.493 e. The third-order valence-electron chi connectivity index (χ3n) is 6.21. The lowest BCUT2D eigenvalue weighted by atomic mass is 9.97. The number of aryl methyl sites for hydroxylation is 2. The first kappa shape index (κ1) is 29.0. The number of esters is 1. The first-order valence-corrected chi connectivity index (χ1v) is 14.0. The number of hydrogen-bond donors (Lipinski definition) is 1. The Kier molecular flexibility index (Phi) is 9.00. The van der Waals surface area contributed by atoms with E-state index in [-0.39, 0.29) is 11.7 Å². The number of thioether (sulfide) groups is 1. The van der Waals surface area contributed by atoms with Crippen LogP contribution in [-0.4, -0.2) is 60.8 Å². The van der Waals surface area contributed by atoms with Gasteiger partial charge in [0.25, 0.3) is 0 Å². The molecule has 40 heavy (non-hydrogen) atoms. The summed E-state index contributed by atoms with van der Waals surface area (Å²) in [6, 6.07) is 9.61. The topological polar surface area (TPSA) is 114 Å². The molecule has 210 valence electrons. The molecule has 1 amide bonds. The lowest BCUT2D eigenvalue weighted by Gasteiger charge is -2.14. The summed E-state index contributed by atoms with van der Waals surface area (Å²) in [7, 11) is 7.76. The fourth-order valence-corrected chi connectivity index (χ4v) is 5.85. The van der Waals surface area contributed by atoms with Crippen LogP contribution in [0.2, 0.25) is 0 Å². The molecule has 2 aromatic heterocycles. The number of benzene rings is 2. The van der Waals surface area contributed by atoms with Gasteiger partial charge < -0.3 is 28.8 Å². The fourth-order valence-electron chi connectivity index (χ4n) is 4.17. The summed E-state index contributed by atoms with van der Waals surface area (Å²) in [5, 5.41) is 14.3. The highest BCUT2D eigenvalue weighted by Gasteiger charge is 2.24. The molecule has 0 spiro atoms. The Morgan fingerprint density at radius 1 is 0.975 bits per heavy atom. The van der Waals surface area contributed by atoms with Crippen molar-refractivity contribution in [3.8, 4) is 39.8 Å². The largest absolute Gasteiger partial charge is 0.493 e. The molecule has 0 unspecified atom stereocenters. The number of ether oxygens (including phenoxy) is 4. The van der Waals surface area contributed by atoms with Gasteiger partial charge in [-0.05, 0) is 37.1 Å². The number of thiophene rings is 1. The summed E-state index contributed by atoms with van der Waals surface area (Å²) in [4.78, 5) is 25.7. The van der Waals surface area contributed by atoms with E-state index < -0.39 is 5.97 Å². The maximum atomic E-state index is 13.0. The molecule has 0 bridgehead atoms. The number of anilines is 1. The molecular weight excluding hydrogens is 552 g/mol. The number of carbonyl (C=O) groups is 2. The van der Waals surface area contributed by atoms with Gasteiger partial charge >= 0.3 is 5.97 Å². The average Bonchev–Trinajstić information content (AvgIpc) is 3.54. The number of amides is 1. The van der Waals surface area contributed by atoms with E-state index in [9.17, 15) is 9.59 Å². The van der Waals surface area contributed by atoms with E-state index in [1.165, 1.54) is 37.3 Å². The van der Waals surface area contributed by atoms with E-state index in [0.29, 0.717) is 44.4 Å². The minimum atomic E-state index is -0.511. The van der Waals surface area contributed by atoms with Gasteiger partial charge in [0.1, 0.15) is 10.6 Å². The van der Waals surface area contributed by atoms with Gasteiger partial charge in [-0.1, -0.05) is 35.5 Å². The van der Waals surface area contributed by atoms with Crippen LogP contribution in [0.5, 0.6) is 17.2 Å². The van der Waals surface area contributed by atoms with E-state index in [1.54, 1.807) is 30.9 Å². The highest BCUT2D eigenvalue weighted by Crippen LogP contribution is 2.41. The molecule has 0 aliphatic carbocycles. The van der Waals surface area contributed by atoms with Crippen LogP contribution in [-0.2, 0) is 16.6 Å². The molecule has 4 aromatic rings. The van der Waals surface area contributed by atoms with Gasteiger partial charge in [-0.15, -0.1) is 21.5 Å². The van der Waals surface area contributed by atoms with Gasteiger partial charge in [0, 0.05) is 23.6 Å². The second kappa shape index (κ2) is 12.4. The first-order chi connectivity index (χ1) is 19.2. The van der Waals surface area contributed by atoms with Crippen molar-refractivity contribution in [3.63, 3.8) is 0 Å². The zero-order valence-electron chi connectivity index (χ0n) is 23.3. The van der Waals surface area contributed by atoms with Crippen LogP contribution in [0, 0.1) is 13.8 Å². The molecular formula is C28H30N4O6S2. The Morgan fingerprint density at radius 3 is 2.30 bits per heavy atom. The van der Waals surface area contributed by atoms with Crippen molar-refractivity contribution >= 4 is 40.0 Å². The standard InChI is InChI=1S/C28H30N4O6S2/c1-15-8-9-16(2)18(10-15)19-13-39-26(23(19)27(34)38-7)29-22(33)14-40-28-31-30-25(32(28)3)17-11-20(35-4)24(37-6)21(12-17)36-5/h8-13H,14H2,1-7H3,(H,29,33). The van der Waals surface area contributed by atoms with Gasteiger partial charge in [0.2, 0.25) is 11.7 Å². The Balaban J connectivity index is 1.53. The molecule has 1 N–H and O–H groups in total. The number of methoxy groups -OCH3 is 4. The van der Waals surface area contributed by atoms with Gasteiger partial charge in [-0.2, -0.15) is 0 Å². The summed E-state index contributed by atoms with van der Waals surface area (Å²) in [5.41, 5.74) is 4.78.